The van der Waals surface area contributed by atoms with E-state index in [1.165, 1.54) is 5.56 Å². The van der Waals surface area contributed by atoms with Crippen molar-refractivity contribution in [2.75, 3.05) is 6.61 Å². The summed E-state index contributed by atoms with van der Waals surface area (Å²) in [6.45, 7) is 4.62. The van der Waals surface area contributed by atoms with E-state index in [1.54, 1.807) is 6.92 Å². The molecule has 3 heteroatoms. The first kappa shape index (κ1) is 12.8. The SMILES string of the molecule is CCc1ccc2c(c1)c(C(C)=O)cn2CCCO. The normalized spacial score (nSPS) is 11.1. The van der Waals surface area contributed by atoms with Crippen molar-refractivity contribution in [3.05, 3.63) is 35.5 Å². The molecule has 0 fully saturated rings. The molecule has 0 aliphatic carbocycles. The monoisotopic (exact) mass is 245 g/mol. The molecule has 96 valence electrons. The first-order valence-electron chi connectivity index (χ1n) is 6.41. The van der Waals surface area contributed by atoms with Crippen LogP contribution in [0.3, 0.4) is 0 Å². The van der Waals surface area contributed by atoms with E-state index in [9.17, 15) is 4.79 Å². The third-order valence-corrected chi connectivity index (χ3v) is 3.29. The van der Waals surface area contributed by atoms with E-state index in [4.69, 9.17) is 5.11 Å². The van der Waals surface area contributed by atoms with E-state index in [2.05, 4.69) is 29.7 Å². The van der Waals surface area contributed by atoms with E-state index in [1.807, 2.05) is 6.20 Å². The first-order chi connectivity index (χ1) is 8.67. The van der Waals surface area contributed by atoms with Crippen LogP contribution in [0, 0.1) is 0 Å². The molecule has 0 saturated heterocycles. The van der Waals surface area contributed by atoms with E-state index >= 15 is 0 Å². The molecule has 0 aliphatic heterocycles. The second-order valence-electron chi connectivity index (χ2n) is 4.57. The third-order valence-electron chi connectivity index (χ3n) is 3.29. The van der Waals surface area contributed by atoms with Crippen LogP contribution in [0.2, 0.25) is 0 Å². The van der Waals surface area contributed by atoms with Gasteiger partial charge in [-0.05, 0) is 37.5 Å². The fraction of sp³-hybridized carbons (Fsp3) is 0.400. The lowest BCUT2D eigenvalue weighted by atomic mass is 10.1. The van der Waals surface area contributed by atoms with E-state index in [-0.39, 0.29) is 12.4 Å². The second-order valence-corrected chi connectivity index (χ2v) is 4.57. The number of rotatable bonds is 5. The number of ketones is 1. The van der Waals surface area contributed by atoms with Crippen LogP contribution in [0.25, 0.3) is 10.9 Å². The molecular weight excluding hydrogens is 226 g/mol. The Bertz CT molecular complexity index is 569. The Hall–Kier alpha value is -1.61. The molecule has 0 spiro atoms. The zero-order valence-corrected chi connectivity index (χ0v) is 10.9. The van der Waals surface area contributed by atoms with Crippen molar-refractivity contribution in [3.63, 3.8) is 0 Å². The van der Waals surface area contributed by atoms with Crippen LogP contribution >= 0.6 is 0 Å². The lowest BCUT2D eigenvalue weighted by Crippen LogP contribution is -1.98. The van der Waals surface area contributed by atoms with Gasteiger partial charge in [0.2, 0.25) is 0 Å². The minimum Gasteiger partial charge on any atom is -0.396 e. The fourth-order valence-corrected chi connectivity index (χ4v) is 2.27. The molecule has 0 atom stereocenters. The quantitative estimate of drug-likeness (QED) is 0.823. The zero-order valence-electron chi connectivity index (χ0n) is 10.9. The molecule has 2 aromatic rings. The molecular formula is C15H19NO2. The van der Waals surface area contributed by atoms with Crippen LogP contribution in [0.4, 0.5) is 0 Å². The van der Waals surface area contributed by atoms with Crippen LogP contribution in [-0.2, 0) is 13.0 Å². The van der Waals surface area contributed by atoms with Gasteiger partial charge in [-0.2, -0.15) is 0 Å². The summed E-state index contributed by atoms with van der Waals surface area (Å²) in [6, 6.07) is 6.27. The molecule has 2 rings (SSSR count). The Balaban J connectivity index is 2.56. The minimum atomic E-state index is 0.0935. The van der Waals surface area contributed by atoms with E-state index in [0.29, 0.717) is 6.42 Å². The summed E-state index contributed by atoms with van der Waals surface area (Å²) in [4.78, 5) is 11.7. The zero-order chi connectivity index (χ0) is 13.1. The second kappa shape index (κ2) is 5.36. The highest BCUT2D eigenvalue weighted by Gasteiger charge is 2.12. The van der Waals surface area contributed by atoms with Crippen molar-refractivity contribution < 1.29 is 9.90 Å². The van der Waals surface area contributed by atoms with E-state index < -0.39 is 0 Å². The lowest BCUT2D eigenvalue weighted by Gasteiger charge is -2.04. The van der Waals surface area contributed by atoms with Crippen LogP contribution in [0.5, 0.6) is 0 Å². The molecule has 0 unspecified atom stereocenters. The van der Waals surface area contributed by atoms with Crippen molar-refractivity contribution >= 4 is 16.7 Å². The number of Topliss-reactive ketones (excluding diaryl/α,β-unsaturated/α-hetero) is 1. The predicted octanol–water partition coefficient (Wildman–Crippen LogP) is 2.79. The molecule has 0 aliphatic rings. The Morgan fingerprint density at radius 1 is 1.39 bits per heavy atom. The number of aromatic nitrogens is 1. The average molecular weight is 245 g/mol. The number of benzene rings is 1. The van der Waals surface area contributed by atoms with Crippen molar-refractivity contribution in [2.45, 2.75) is 33.2 Å². The Morgan fingerprint density at radius 3 is 2.78 bits per heavy atom. The highest BCUT2D eigenvalue weighted by molar-refractivity contribution is 6.07. The number of carbonyl (C=O) groups is 1. The van der Waals surface area contributed by atoms with Gasteiger partial charge in [-0.25, -0.2) is 0 Å². The predicted molar refractivity (Wildman–Crippen MR) is 73.0 cm³/mol. The lowest BCUT2D eigenvalue weighted by molar-refractivity contribution is 0.101. The van der Waals surface area contributed by atoms with Gasteiger partial charge in [0.05, 0.1) is 0 Å². The van der Waals surface area contributed by atoms with Gasteiger partial charge in [-0.15, -0.1) is 0 Å². The van der Waals surface area contributed by atoms with Crippen LogP contribution in [0.1, 0.15) is 36.2 Å². The number of nitrogens with zero attached hydrogens (tertiary/aromatic N) is 1. The van der Waals surface area contributed by atoms with Gasteiger partial charge in [-0.3, -0.25) is 4.79 Å². The number of aliphatic hydroxyl groups is 1. The highest BCUT2D eigenvalue weighted by atomic mass is 16.3. The van der Waals surface area contributed by atoms with Crippen molar-refractivity contribution in [1.82, 2.24) is 4.57 Å². The Kier molecular flexibility index (Phi) is 3.82. The minimum absolute atomic E-state index is 0.0935. The molecule has 1 N–H and O–H groups in total. The van der Waals surface area contributed by atoms with Crippen molar-refractivity contribution in [1.29, 1.82) is 0 Å². The summed E-state index contributed by atoms with van der Waals surface area (Å²) in [5.41, 5.74) is 3.09. The largest absolute Gasteiger partial charge is 0.396 e. The summed E-state index contributed by atoms with van der Waals surface area (Å²) in [5, 5.41) is 9.95. The number of fused-ring (bicyclic) bond motifs is 1. The average Bonchev–Trinajstić information content (AvgIpc) is 2.74. The smallest absolute Gasteiger partial charge is 0.161 e. The molecule has 1 heterocycles. The number of carbonyl (C=O) groups excluding carboxylic acids is 1. The maximum atomic E-state index is 11.7. The summed E-state index contributed by atoms with van der Waals surface area (Å²) in [5.74, 6) is 0.0935. The number of hydrogen-bond acceptors (Lipinski definition) is 2. The van der Waals surface area contributed by atoms with Gasteiger partial charge >= 0.3 is 0 Å². The van der Waals surface area contributed by atoms with Gasteiger partial charge < -0.3 is 9.67 Å². The maximum absolute atomic E-state index is 11.7. The standard InChI is InChI=1S/C15H19NO2/c1-3-12-5-6-15-13(9-12)14(11(2)18)10-16(15)7-4-8-17/h5-6,9-10,17H,3-4,7-8H2,1-2H3. The van der Waals surface area contributed by atoms with Crippen molar-refractivity contribution in [2.24, 2.45) is 0 Å². The van der Waals surface area contributed by atoms with Gasteiger partial charge in [0.15, 0.2) is 5.78 Å². The van der Waals surface area contributed by atoms with Crippen LogP contribution < -0.4 is 0 Å². The fourth-order valence-electron chi connectivity index (χ4n) is 2.27. The number of aliphatic hydroxyl groups excluding tert-OH is 1. The number of aryl methyl sites for hydroxylation is 2. The van der Waals surface area contributed by atoms with Crippen LogP contribution in [0.15, 0.2) is 24.4 Å². The molecule has 0 amide bonds. The summed E-state index contributed by atoms with van der Waals surface area (Å²) in [7, 11) is 0. The molecule has 1 aromatic heterocycles. The molecule has 18 heavy (non-hydrogen) atoms. The molecule has 0 radical (unpaired) electrons. The van der Waals surface area contributed by atoms with Gasteiger partial charge in [-0.1, -0.05) is 13.0 Å². The molecule has 0 saturated carbocycles. The Morgan fingerprint density at radius 2 is 2.17 bits per heavy atom. The van der Waals surface area contributed by atoms with Gasteiger partial charge in [0, 0.05) is 35.8 Å². The Labute approximate surface area is 107 Å². The molecule has 3 nitrogen and oxygen atoms in total. The molecule has 0 bridgehead atoms. The number of hydrogen-bond donors (Lipinski definition) is 1. The van der Waals surface area contributed by atoms with Crippen molar-refractivity contribution in [3.8, 4) is 0 Å². The van der Waals surface area contributed by atoms with E-state index in [0.717, 1.165) is 29.4 Å². The highest BCUT2D eigenvalue weighted by Crippen LogP contribution is 2.24. The summed E-state index contributed by atoms with van der Waals surface area (Å²) < 4.78 is 2.06. The molecule has 1 aromatic carbocycles. The van der Waals surface area contributed by atoms with Gasteiger partial charge in [0.1, 0.15) is 0 Å². The van der Waals surface area contributed by atoms with Crippen LogP contribution in [-0.4, -0.2) is 22.1 Å². The van der Waals surface area contributed by atoms with Gasteiger partial charge in [0.25, 0.3) is 0 Å². The summed E-state index contributed by atoms with van der Waals surface area (Å²) in [6.07, 6.45) is 3.58. The third kappa shape index (κ3) is 2.31. The first-order valence-corrected chi connectivity index (χ1v) is 6.41. The summed E-state index contributed by atoms with van der Waals surface area (Å²) >= 11 is 0. The topological polar surface area (TPSA) is 42.2 Å². The maximum Gasteiger partial charge on any atom is 0.161 e.